The molecule has 1 atom stereocenters. The molecular weight excluding hydrogens is 202 g/mol. The van der Waals surface area contributed by atoms with Crippen molar-refractivity contribution in [2.45, 2.75) is 25.8 Å². The molecule has 1 N–H and O–H groups in total. The Hall–Kier alpha value is -1.60. The van der Waals surface area contributed by atoms with E-state index in [0.29, 0.717) is 12.3 Å². The average Bonchev–Trinajstić information content (AvgIpc) is 2.24. The third kappa shape index (κ3) is 2.15. The van der Waals surface area contributed by atoms with Gasteiger partial charge in [-0.25, -0.2) is 4.98 Å². The van der Waals surface area contributed by atoms with Crippen molar-refractivity contribution in [2.75, 3.05) is 13.2 Å². The van der Waals surface area contributed by atoms with E-state index < -0.39 is 0 Å². The van der Waals surface area contributed by atoms with Crippen LogP contribution in [-0.4, -0.2) is 23.7 Å². The summed E-state index contributed by atoms with van der Waals surface area (Å²) in [5.74, 6) is 0.728. The van der Waals surface area contributed by atoms with Crippen LogP contribution in [0.4, 0.5) is 0 Å². The van der Waals surface area contributed by atoms with Gasteiger partial charge in [0.1, 0.15) is 24.1 Å². The Morgan fingerprint density at radius 1 is 1.69 bits per heavy atom. The molecule has 16 heavy (non-hydrogen) atoms. The van der Waals surface area contributed by atoms with E-state index in [-0.39, 0.29) is 5.54 Å². The fourth-order valence-corrected chi connectivity index (χ4v) is 1.66. The standard InChI is InChI=1S/C12H15N3O/c1-9-5-10(7-14-11(9)6-13)16-8-12(2)3-4-15-12/h5,7,15H,3-4,8H2,1-2H3/t12-/m0/s1. The third-order valence-corrected chi connectivity index (χ3v) is 2.95. The van der Waals surface area contributed by atoms with Gasteiger partial charge in [-0.1, -0.05) is 0 Å². The minimum atomic E-state index is 0.0990. The number of rotatable bonds is 3. The summed E-state index contributed by atoms with van der Waals surface area (Å²) in [7, 11) is 0. The molecule has 2 rings (SSSR count). The Balaban J connectivity index is 2.00. The number of nitrogens with zero attached hydrogens (tertiary/aromatic N) is 2. The van der Waals surface area contributed by atoms with E-state index in [4.69, 9.17) is 10.00 Å². The summed E-state index contributed by atoms with van der Waals surface area (Å²) in [4.78, 5) is 4.03. The fourth-order valence-electron chi connectivity index (χ4n) is 1.66. The molecule has 0 bridgehead atoms. The SMILES string of the molecule is Cc1cc(OC[C@]2(C)CCN2)cnc1C#N. The first-order chi connectivity index (χ1) is 7.63. The first kappa shape index (κ1) is 10.9. The van der Waals surface area contributed by atoms with Crippen molar-refractivity contribution >= 4 is 0 Å². The van der Waals surface area contributed by atoms with Crippen molar-refractivity contribution in [1.82, 2.24) is 10.3 Å². The predicted octanol–water partition coefficient (Wildman–Crippen LogP) is 1.39. The molecule has 0 spiro atoms. The monoisotopic (exact) mass is 217 g/mol. The number of hydrogen-bond acceptors (Lipinski definition) is 4. The third-order valence-electron chi connectivity index (χ3n) is 2.95. The highest BCUT2D eigenvalue weighted by molar-refractivity contribution is 5.35. The topological polar surface area (TPSA) is 57.9 Å². The minimum absolute atomic E-state index is 0.0990. The zero-order chi connectivity index (χ0) is 11.6. The number of ether oxygens (including phenoxy) is 1. The van der Waals surface area contributed by atoms with Gasteiger partial charge in [0.2, 0.25) is 0 Å². The van der Waals surface area contributed by atoms with Crippen LogP contribution < -0.4 is 10.1 Å². The summed E-state index contributed by atoms with van der Waals surface area (Å²) in [6, 6.07) is 3.89. The quantitative estimate of drug-likeness (QED) is 0.831. The highest BCUT2D eigenvalue weighted by Gasteiger charge is 2.31. The summed E-state index contributed by atoms with van der Waals surface area (Å²) < 4.78 is 5.66. The number of nitriles is 1. The van der Waals surface area contributed by atoms with Crippen molar-refractivity contribution in [1.29, 1.82) is 5.26 Å². The van der Waals surface area contributed by atoms with Gasteiger partial charge in [0.05, 0.1) is 11.7 Å². The van der Waals surface area contributed by atoms with Gasteiger partial charge in [-0.15, -0.1) is 0 Å². The summed E-state index contributed by atoms with van der Waals surface area (Å²) in [6.45, 7) is 5.70. The molecule has 0 unspecified atom stereocenters. The Kier molecular flexibility index (Phi) is 2.80. The first-order valence-electron chi connectivity index (χ1n) is 5.37. The van der Waals surface area contributed by atoms with Crippen LogP contribution in [0.3, 0.4) is 0 Å². The summed E-state index contributed by atoms with van der Waals surface area (Å²) >= 11 is 0. The maximum absolute atomic E-state index is 8.75. The van der Waals surface area contributed by atoms with E-state index in [1.807, 2.05) is 19.1 Å². The van der Waals surface area contributed by atoms with Gasteiger partial charge < -0.3 is 10.1 Å². The number of hydrogen-bond donors (Lipinski definition) is 1. The Morgan fingerprint density at radius 3 is 2.94 bits per heavy atom. The van der Waals surface area contributed by atoms with Crippen LogP contribution in [0.5, 0.6) is 5.75 Å². The van der Waals surface area contributed by atoms with E-state index >= 15 is 0 Å². The second-order valence-electron chi connectivity index (χ2n) is 4.47. The van der Waals surface area contributed by atoms with Gasteiger partial charge >= 0.3 is 0 Å². The van der Waals surface area contributed by atoms with Crippen LogP contribution in [0.25, 0.3) is 0 Å². The zero-order valence-electron chi connectivity index (χ0n) is 9.58. The molecule has 0 aliphatic carbocycles. The van der Waals surface area contributed by atoms with E-state index in [2.05, 4.69) is 17.2 Å². The van der Waals surface area contributed by atoms with Crippen LogP contribution in [-0.2, 0) is 0 Å². The van der Waals surface area contributed by atoms with Crippen molar-refractivity contribution < 1.29 is 4.74 Å². The largest absolute Gasteiger partial charge is 0.490 e. The van der Waals surface area contributed by atoms with Gasteiger partial charge in [0, 0.05) is 0 Å². The molecule has 1 aromatic rings. The van der Waals surface area contributed by atoms with Crippen LogP contribution in [0, 0.1) is 18.3 Å². The molecule has 0 aromatic carbocycles. The minimum Gasteiger partial charge on any atom is -0.490 e. The number of nitrogens with one attached hydrogen (secondary N) is 1. The highest BCUT2D eigenvalue weighted by atomic mass is 16.5. The molecule has 0 amide bonds. The van der Waals surface area contributed by atoms with Gasteiger partial charge in [-0.3, -0.25) is 0 Å². The Labute approximate surface area is 95.3 Å². The average molecular weight is 217 g/mol. The molecule has 2 heterocycles. The highest BCUT2D eigenvalue weighted by Crippen LogP contribution is 2.20. The van der Waals surface area contributed by atoms with Gasteiger partial charge in [0.15, 0.2) is 0 Å². The molecule has 1 aliphatic rings. The smallest absolute Gasteiger partial charge is 0.143 e. The molecule has 1 fully saturated rings. The first-order valence-corrected chi connectivity index (χ1v) is 5.37. The van der Waals surface area contributed by atoms with Gasteiger partial charge in [0.25, 0.3) is 0 Å². The van der Waals surface area contributed by atoms with Crippen LogP contribution >= 0.6 is 0 Å². The van der Waals surface area contributed by atoms with Crippen molar-refractivity contribution in [3.8, 4) is 11.8 Å². The Morgan fingerprint density at radius 2 is 2.44 bits per heavy atom. The molecule has 84 valence electrons. The van der Waals surface area contributed by atoms with Crippen LogP contribution in [0.2, 0.25) is 0 Å². The molecule has 0 radical (unpaired) electrons. The molecule has 4 heteroatoms. The summed E-state index contributed by atoms with van der Waals surface area (Å²) in [5, 5.41) is 12.1. The second kappa shape index (κ2) is 4.11. The van der Waals surface area contributed by atoms with Gasteiger partial charge in [-0.2, -0.15) is 5.26 Å². The second-order valence-corrected chi connectivity index (χ2v) is 4.47. The van der Waals surface area contributed by atoms with E-state index in [9.17, 15) is 0 Å². The maximum Gasteiger partial charge on any atom is 0.143 e. The number of aromatic nitrogens is 1. The van der Waals surface area contributed by atoms with Gasteiger partial charge in [-0.05, 0) is 38.4 Å². The lowest BCUT2D eigenvalue weighted by molar-refractivity contribution is 0.132. The molecule has 0 saturated carbocycles. The predicted molar refractivity (Wildman–Crippen MR) is 60.2 cm³/mol. The summed E-state index contributed by atoms with van der Waals surface area (Å²) in [6.07, 6.45) is 2.74. The fraction of sp³-hybridized carbons (Fsp3) is 0.500. The van der Waals surface area contributed by atoms with Crippen LogP contribution in [0.1, 0.15) is 24.6 Å². The van der Waals surface area contributed by atoms with E-state index in [0.717, 1.165) is 24.3 Å². The molecule has 1 saturated heterocycles. The summed E-state index contributed by atoms with van der Waals surface area (Å²) in [5.41, 5.74) is 1.41. The lowest BCUT2D eigenvalue weighted by Crippen LogP contribution is -2.58. The van der Waals surface area contributed by atoms with Crippen LogP contribution in [0.15, 0.2) is 12.3 Å². The molecule has 4 nitrogen and oxygen atoms in total. The van der Waals surface area contributed by atoms with Crippen molar-refractivity contribution in [3.63, 3.8) is 0 Å². The van der Waals surface area contributed by atoms with E-state index in [1.165, 1.54) is 0 Å². The molecule has 1 aliphatic heterocycles. The molecular formula is C12H15N3O. The number of aryl methyl sites for hydroxylation is 1. The zero-order valence-corrected chi connectivity index (χ0v) is 9.58. The maximum atomic E-state index is 8.75. The molecule has 1 aromatic heterocycles. The normalized spacial score (nSPS) is 23.3. The Bertz CT molecular complexity index is 432. The van der Waals surface area contributed by atoms with E-state index in [1.54, 1.807) is 6.20 Å². The van der Waals surface area contributed by atoms with Crippen molar-refractivity contribution in [2.24, 2.45) is 0 Å². The van der Waals surface area contributed by atoms with Crippen molar-refractivity contribution in [3.05, 3.63) is 23.5 Å². The number of pyridine rings is 1. The lowest BCUT2D eigenvalue weighted by Gasteiger charge is -2.39. The lowest BCUT2D eigenvalue weighted by atomic mass is 9.91.